The van der Waals surface area contributed by atoms with E-state index in [1.54, 1.807) is 18.4 Å². The van der Waals surface area contributed by atoms with Crippen LogP contribution in [0.2, 0.25) is 0 Å². The van der Waals surface area contributed by atoms with Crippen LogP contribution >= 0.6 is 11.3 Å². The molecule has 2 amide bonds. The molecule has 2 aromatic rings. The molecule has 1 aromatic carbocycles. The fourth-order valence-corrected chi connectivity index (χ4v) is 3.07. The van der Waals surface area contributed by atoms with Crippen molar-refractivity contribution in [2.75, 3.05) is 27.7 Å². The number of thiophene rings is 1. The molecule has 0 aliphatic rings. The first-order valence-electron chi connectivity index (χ1n) is 7.50. The van der Waals surface area contributed by atoms with Crippen molar-refractivity contribution in [2.24, 2.45) is 0 Å². The molecule has 0 saturated heterocycles. The van der Waals surface area contributed by atoms with Gasteiger partial charge in [-0.2, -0.15) is 11.3 Å². The lowest BCUT2D eigenvalue weighted by atomic mass is 10.1. The average Bonchev–Trinajstić information content (AvgIpc) is 3.04. The molecule has 0 bridgehead atoms. The molecule has 1 aromatic heterocycles. The lowest BCUT2D eigenvalue weighted by Crippen LogP contribution is -2.41. The Hall–Kier alpha value is -1.99. The number of benzene rings is 1. The molecule has 1 heterocycles. The van der Waals surface area contributed by atoms with Crippen molar-refractivity contribution in [2.45, 2.75) is 12.6 Å². The van der Waals surface area contributed by atoms with Crippen LogP contribution < -0.4 is 5.32 Å². The Morgan fingerprint density at radius 2 is 1.96 bits per heavy atom. The van der Waals surface area contributed by atoms with E-state index in [1.165, 1.54) is 11.0 Å². The number of likely N-dealkylation sites (N-methyl/N-ethyl adjacent to an activating group) is 1. The minimum absolute atomic E-state index is 0.0804. The van der Waals surface area contributed by atoms with Crippen LogP contribution in [-0.4, -0.2) is 43.5 Å². The number of amides is 2. The molecule has 0 aliphatic carbocycles. The fourth-order valence-electron chi connectivity index (χ4n) is 2.37. The van der Waals surface area contributed by atoms with Crippen LogP contribution in [0.5, 0.6) is 0 Å². The van der Waals surface area contributed by atoms with Crippen molar-refractivity contribution >= 4 is 17.4 Å². The predicted molar refractivity (Wildman–Crippen MR) is 92.0 cm³/mol. The summed E-state index contributed by atoms with van der Waals surface area (Å²) in [5.41, 5.74) is 1.68. The largest absolute Gasteiger partial charge is 0.336 e. The summed E-state index contributed by atoms with van der Waals surface area (Å²) in [4.78, 5) is 15.7. The van der Waals surface area contributed by atoms with Gasteiger partial charge in [0.2, 0.25) is 0 Å². The number of nitrogens with one attached hydrogen (secondary N) is 1. The number of halogens is 2. The first-order chi connectivity index (χ1) is 11.4. The van der Waals surface area contributed by atoms with Gasteiger partial charge in [-0.25, -0.2) is 13.6 Å². The molecule has 4 nitrogen and oxygen atoms in total. The van der Waals surface area contributed by atoms with E-state index in [9.17, 15) is 13.6 Å². The molecule has 1 unspecified atom stereocenters. The van der Waals surface area contributed by atoms with E-state index >= 15 is 0 Å². The zero-order valence-corrected chi connectivity index (χ0v) is 14.7. The minimum Gasteiger partial charge on any atom is -0.336 e. The molecule has 0 radical (unpaired) electrons. The molecule has 130 valence electrons. The maximum absolute atomic E-state index is 13.2. The van der Waals surface area contributed by atoms with Gasteiger partial charge in [0.1, 0.15) is 0 Å². The highest BCUT2D eigenvalue weighted by molar-refractivity contribution is 7.07. The Balaban J connectivity index is 1.92. The molecule has 0 fully saturated rings. The highest BCUT2D eigenvalue weighted by Gasteiger charge is 2.17. The summed E-state index contributed by atoms with van der Waals surface area (Å²) in [7, 11) is 5.53. The number of urea groups is 1. The molecule has 7 heteroatoms. The van der Waals surface area contributed by atoms with Crippen LogP contribution in [0.4, 0.5) is 13.6 Å². The van der Waals surface area contributed by atoms with Crippen molar-refractivity contribution in [1.29, 1.82) is 0 Å². The predicted octanol–water partition coefficient (Wildman–Crippen LogP) is 3.47. The Bertz CT molecular complexity index is 676. The van der Waals surface area contributed by atoms with E-state index in [-0.39, 0.29) is 18.6 Å². The zero-order valence-electron chi connectivity index (χ0n) is 13.9. The minimum atomic E-state index is -0.911. The van der Waals surface area contributed by atoms with Crippen LogP contribution in [0, 0.1) is 11.6 Å². The van der Waals surface area contributed by atoms with Crippen molar-refractivity contribution in [3.05, 3.63) is 57.8 Å². The third-order valence-electron chi connectivity index (χ3n) is 3.75. The molecular weight excluding hydrogens is 332 g/mol. The first-order valence-corrected chi connectivity index (χ1v) is 8.44. The Morgan fingerprint density at radius 1 is 1.21 bits per heavy atom. The molecule has 0 aliphatic heterocycles. The third kappa shape index (κ3) is 4.75. The highest BCUT2D eigenvalue weighted by Crippen LogP contribution is 2.20. The van der Waals surface area contributed by atoms with Gasteiger partial charge in [0.25, 0.3) is 0 Å². The maximum atomic E-state index is 13.2. The molecular formula is C17H21F2N3OS. The van der Waals surface area contributed by atoms with Crippen LogP contribution in [0.3, 0.4) is 0 Å². The van der Waals surface area contributed by atoms with Crippen molar-refractivity contribution in [3.63, 3.8) is 0 Å². The highest BCUT2D eigenvalue weighted by atomic mass is 32.1. The van der Waals surface area contributed by atoms with Crippen LogP contribution in [0.25, 0.3) is 0 Å². The van der Waals surface area contributed by atoms with E-state index in [0.29, 0.717) is 12.1 Å². The zero-order chi connectivity index (χ0) is 17.7. The molecule has 1 atom stereocenters. The number of rotatable bonds is 6. The molecule has 2 rings (SSSR count). The van der Waals surface area contributed by atoms with E-state index in [0.717, 1.165) is 17.7 Å². The summed E-state index contributed by atoms with van der Waals surface area (Å²) in [6.07, 6.45) is 0. The number of carbonyl (C=O) groups is 1. The quantitative estimate of drug-likeness (QED) is 0.863. The standard InChI is InChI=1S/C17H21F2N3OS/c1-21(2)16(13-6-7-24-11-13)9-20-17(23)22(3)10-12-4-5-14(18)15(19)8-12/h4-8,11,16H,9-10H2,1-3H3,(H,20,23). The van der Waals surface area contributed by atoms with Crippen molar-refractivity contribution in [1.82, 2.24) is 15.1 Å². The maximum Gasteiger partial charge on any atom is 0.317 e. The second kappa shape index (κ2) is 8.21. The number of hydrogen-bond donors (Lipinski definition) is 1. The van der Waals surface area contributed by atoms with E-state index in [2.05, 4.69) is 10.7 Å². The van der Waals surface area contributed by atoms with Gasteiger partial charge in [0, 0.05) is 20.1 Å². The van der Waals surface area contributed by atoms with E-state index in [1.807, 2.05) is 30.4 Å². The van der Waals surface area contributed by atoms with Gasteiger partial charge >= 0.3 is 6.03 Å². The summed E-state index contributed by atoms with van der Waals surface area (Å²) in [6, 6.07) is 5.49. The number of hydrogen-bond acceptors (Lipinski definition) is 3. The van der Waals surface area contributed by atoms with Crippen LogP contribution in [-0.2, 0) is 6.54 Å². The van der Waals surface area contributed by atoms with Gasteiger partial charge in [-0.1, -0.05) is 6.07 Å². The van der Waals surface area contributed by atoms with Crippen LogP contribution in [0.15, 0.2) is 35.0 Å². The second-order valence-corrected chi connectivity index (χ2v) is 6.61. The summed E-state index contributed by atoms with van der Waals surface area (Å²) in [5, 5.41) is 6.94. The lowest BCUT2D eigenvalue weighted by Gasteiger charge is -2.26. The number of carbonyl (C=O) groups excluding carboxylic acids is 1. The Labute approximate surface area is 144 Å². The normalized spacial score (nSPS) is 12.2. The summed E-state index contributed by atoms with van der Waals surface area (Å²) in [6.45, 7) is 0.665. The summed E-state index contributed by atoms with van der Waals surface area (Å²) < 4.78 is 26.2. The molecule has 1 N–H and O–H groups in total. The topological polar surface area (TPSA) is 35.6 Å². The van der Waals surface area contributed by atoms with Gasteiger partial charge in [-0.3, -0.25) is 0 Å². The molecule has 24 heavy (non-hydrogen) atoms. The first kappa shape index (κ1) is 18.4. The molecule has 0 spiro atoms. The second-order valence-electron chi connectivity index (χ2n) is 5.83. The van der Waals surface area contributed by atoms with Gasteiger partial charge < -0.3 is 15.1 Å². The third-order valence-corrected chi connectivity index (χ3v) is 4.45. The summed E-state index contributed by atoms with van der Waals surface area (Å²) >= 11 is 1.61. The van der Waals surface area contributed by atoms with E-state index in [4.69, 9.17) is 0 Å². The monoisotopic (exact) mass is 353 g/mol. The van der Waals surface area contributed by atoms with Crippen molar-refractivity contribution in [3.8, 4) is 0 Å². The van der Waals surface area contributed by atoms with Crippen LogP contribution in [0.1, 0.15) is 17.2 Å². The Morgan fingerprint density at radius 3 is 2.54 bits per heavy atom. The fraction of sp³-hybridized carbons (Fsp3) is 0.353. The van der Waals surface area contributed by atoms with E-state index < -0.39 is 11.6 Å². The van der Waals surface area contributed by atoms with Crippen molar-refractivity contribution < 1.29 is 13.6 Å². The number of nitrogens with zero attached hydrogens (tertiary/aromatic N) is 2. The van der Waals surface area contributed by atoms with Gasteiger partial charge in [0.15, 0.2) is 11.6 Å². The Kier molecular flexibility index (Phi) is 6.28. The lowest BCUT2D eigenvalue weighted by molar-refractivity contribution is 0.200. The van der Waals surface area contributed by atoms with Gasteiger partial charge in [0.05, 0.1) is 6.04 Å². The van der Waals surface area contributed by atoms with Gasteiger partial charge in [-0.05, 0) is 54.2 Å². The SMILES string of the molecule is CN(Cc1ccc(F)c(F)c1)C(=O)NCC(c1ccsc1)N(C)C. The average molecular weight is 353 g/mol. The van der Waals surface area contributed by atoms with Gasteiger partial charge in [-0.15, -0.1) is 0 Å². The smallest absolute Gasteiger partial charge is 0.317 e. The molecule has 0 saturated carbocycles. The summed E-state index contributed by atoms with van der Waals surface area (Å²) in [5.74, 6) is -1.80.